The van der Waals surface area contributed by atoms with Crippen LogP contribution in [0.4, 0.5) is 0 Å². The quantitative estimate of drug-likeness (QED) is 0.656. The van der Waals surface area contributed by atoms with Crippen LogP contribution in [0.5, 0.6) is 0 Å². The third kappa shape index (κ3) is 2.72. The minimum absolute atomic E-state index is 0.0337. The SMILES string of the molecule is C#CCCC(O)CC1(OC)CCC1. The van der Waals surface area contributed by atoms with Crippen molar-refractivity contribution in [1.29, 1.82) is 0 Å². The average Bonchev–Trinajstić information content (AvgIpc) is 2.08. The molecule has 0 saturated heterocycles. The van der Waals surface area contributed by atoms with E-state index < -0.39 is 0 Å². The summed E-state index contributed by atoms with van der Waals surface area (Å²) in [5.74, 6) is 2.54. The van der Waals surface area contributed by atoms with E-state index in [1.54, 1.807) is 7.11 Å². The van der Waals surface area contributed by atoms with Gasteiger partial charge in [0, 0.05) is 20.0 Å². The monoisotopic (exact) mass is 182 g/mol. The topological polar surface area (TPSA) is 29.5 Å². The van der Waals surface area contributed by atoms with Gasteiger partial charge < -0.3 is 9.84 Å². The van der Waals surface area contributed by atoms with Gasteiger partial charge in [-0.05, 0) is 25.7 Å². The van der Waals surface area contributed by atoms with Gasteiger partial charge in [-0.15, -0.1) is 12.3 Å². The number of methoxy groups -OCH3 is 1. The second kappa shape index (κ2) is 4.64. The van der Waals surface area contributed by atoms with Gasteiger partial charge >= 0.3 is 0 Å². The molecule has 0 bridgehead atoms. The van der Waals surface area contributed by atoms with Crippen LogP contribution in [-0.2, 0) is 4.74 Å². The molecule has 1 N–H and O–H groups in total. The molecule has 0 aromatic heterocycles. The zero-order valence-electron chi connectivity index (χ0n) is 8.25. The summed E-state index contributed by atoms with van der Waals surface area (Å²) in [4.78, 5) is 0. The predicted octanol–water partition coefficient (Wildman–Crippen LogP) is 1.72. The molecule has 1 unspecified atom stereocenters. The Morgan fingerprint density at radius 1 is 1.62 bits per heavy atom. The number of aliphatic hydroxyl groups is 1. The lowest BCUT2D eigenvalue weighted by molar-refractivity contribution is -0.0997. The van der Waals surface area contributed by atoms with Crippen molar-refractivity contribution in [2.75, 3.05) is 7.11 Å². The van der Waals surface area contributed by atoms with E-state index in [0.717, 1.165) is 19.3 Å². The van der Waals surface area contributed by atoms with Crippen molar-refractivity contribution in [2.45, 2.75) is 50.2 Å². The van der Waals surface area contributed by atoms with Gasteiger partial charge in [-0.2, -0.15) is 0 Å². The third-order valence-corrected chi connectivity index (χ3v) is 2.93. The number of rotatable bonds is 5. The summed E-state index contributed by atoms with van der Waals surface area (Å²) in [6, 6.07) is 0. The Morgan fingerprint density at radius 2 is 2.31 bits per heavy atom. The van der Waals surface area contributed by atoms with Crippen LogP contribution in [0.1, 0.15) is 38.5 Å². The molecular formula is C11H18O2. The van der Waals surface area contributed by atoms with Crippen LogP contribution in [-0.4, -0.2) is 23.9 Å². The first-order valence-electron chi connectivity index (χ1n) is 4.89. The molecule has 0 aromatic rings. The first-order valence-corrected chi connectivity index (χ1v) is 4.89. The number of hydrogen-bond acceptors (Lipinski definition) is 2. The van der Waals surface area contributed by atoms with E-state index >= 15 is 0 Å². The Bertz CT molecular complexity index is 183. The number of hydrogen-bond donors (Lipinski definition) is 1. The minimum atomic E-state index is -0.295. The molecule has 0 radical (unpaired) electrons. The van der Waals surface area contributed by atoms with Crippen molar-refractivity contribution in [1.82, 2.24) is 0 Å². The summed E-state index contributed by atoms with van der Waals surface area (Å²) in [6.07, 6.45) is 10.3. The molecular weight excluding hydrogens is 164 g/mol. The van der Waals surface area contributed by atoms with Gasteiger partial charge in [-0.25, -0.2) is 0 Å². The molecule has 1 rings (SSSR count). The Hall–Kier alpha value is -0.520. The highest BCUT2D eigenvalue weighted by Gasteiger charge is 2.38. The highest BCUT2D eigenvalue weighted by molar-refractivity contribution is 4.92. The van der Waals surface area contributed by atoms with Gasteiger partial charge in [0.15, 0.2) is 0 Å². The van der Waals surface area contributed by atoms with E-state index in [4.69, 9.17) is 11.2 Å². The molecule has 0 spiro atoms. The maximum Gasteiger partial charge on any atom is 0.0703 e. The summed E-state index contributed by atoms with van der Waals surface area (Å²) in [7, 11) is 1.73. The molecule has 0 aromatic carbocycles. The summed E-state index contributed by atoms with van der Waals surface area (Å²) >= 11 is 0. The molecule has 0 aliphatic heterocycles. The largest absolute Gasteiger partial charge is 0.393 e. The van der Waals surface area contributed by atoms with Crippen molar-refractivity contribution < 1.29 is 9.84 Å². The predicted molar refractivity (Wildman–Crippen MR) is 52.3 cm³/mol. The van der Waals surface area contributed by atoms with Crippen molar-refractivity contribution in [3.05, 3.63) is 0 Å². The lowest BCUT2D eigenvalue weighted by atomic mass is 9.75. The third-order valence-electron chi connectivity index (χ3n) is 2.93. The highest BCUT2D eigenvalue weighted by Crippen LogP contribution is 2.39. The summed E-state index contributed by atoms with van der Waals surface area (Å²) in [6.45, 7) is 0. The summed E-state index contributed by atoms with van der Waals surface area (Å²) in [5.41, 5.74) is -0.0337. The van der Waals surface area contributed by atoms with Crippen LogP contribution in [0.25, 0.3) is 0 Å². The van der Waals surface area contributed by atoms with E-state index in [2.05, 4.69) is 5.92 Å². The van der Waals surface area contributed by atoms with Crippen molar-refractivity contribution in [3.63, 3.8) is 0 Å². The lowest BCUT2D eigenvalue weighted by Crippen LogP contribution is -2.42. The molecule has 1 saturated carbocycles. The number of aliphatic hydroxyl groups excluding tert-OH is 1. The van der Waals surface area contributed by atoms with E-state index in [1.165, 1.54) is 6.42 Å². The van der Waals surface area contributed by atoms with Crippen molar-refractivity contribution in [3.8, 4) is 12.3 Å². The lowest BCUT2D eigenvalue weighted by Gasteiger charge is -2.41. The van der Waals surface area contributed by atoms with Crippen LogP contribution in [0.15, 0.2) is 0 Å². The average molecular weight is 182 g/mol. The van der Waals surface area contributed by atoms with E-state index in [1.807, 2.05) is 0 Å². The maximum absolute atomic E-state index is 9.64. The van der Waals surface area contributed by atoms with E-state index in [0.29, 0.717) is 12.8 Å². The standard InChI is InChI=1S/C11H18O2/c1-3-4-6-10(12)9-11(13-2)7-5-8-11/h1,10,12H,4-9H2,2H3. The van der Waals surface area contributed by atoms with Crippen LogP contribution in [0.3, 0.4) is 0 Å². The molecule has 0 heterocycles. The van der Waals surface area contributed by atoms with Gasteiger partial charge in [-0.3, -0.25) is 0 Å². The fraction of sp³-hybridized carbons (Fsp3) is 0.818. The summed E-state index contributed by atoms with van der Waals surface area (Å²) < 4.78 is 5.41. The molecule has 1 atom stereocenters. The zero-order chi connectivity index (χ0) is 9.73. The molecule has 1 fully saturated rings. The van der Waals surface area contributed by atoms with Gasteiger partial charge in [0.2, 0.25) is 0 Å². The van der Waals surface area contributed by atoms with Crippen molar-refractivity contribution >= 4 is 0 Å². The Balaban J connectivity index is 2.26. The highest BCUT2D eigenvalue weighted by atomic mass is 16.5. The van der Waals surface area contributed by atoms with Crippen LogP contribution in [0.2, 0.25) is 0 Å². The zero-order valence-corrected chi connectivity index (χ0v) is 8.25. The first-order chi connectivity index (χ1) is 6.22. The van der Waals surface area contributed by atoms with E-state index in [9.17, 15) is 5.11 Å². The maximum atomic E-state index is 9.64. The molecule has 0 amide bonds. The second-order valence-electron chi connectivity index (χ2n) is 3.84. The van der Waals surface area contributed by atoms with Crippen LogP contribution >= 0.6 is 0 Å². The normalized spacial score (nSPS) is 21.6. The first kappa shape index (κ1) is 10.6. The Morgan fingerprint density at radius 3 is 2.69 bits per heavy atom. The molecule has 2 heteroatoms. The van der Waals surface area contributed by atoms with Gasteiger partial charge in [0.1, 0.15) is 0 Å². The fourth-order valence-electron chi connectivity index (χ4n) is 1.84. The minimum Gasteiger partial charge on any atom is -0.393 e. The van der Waals surface area contributed by atoms with E-state index in [-0.39, 0.29) is 11.7 Å². The number of terminal acetylenes is 1. The van der Waals surface area contributed by atoms with Gasteiger partial charge in [-0.1, -0.05) is 0 Å². The van der Waals surface area contributed by atoms with Crippen molar-refractivity contribution in [2.24, 2.45) is 0 Å². The second-order valence-corrected chi connectivity index (χ2v) is 3.84. The Labute approximate surface area is 80.3 Å². The molecule has 74 valence electrons. The van der Waals surface area contributed by atoms with Gasteiger partial charge in [0.05, 0.1) is 11.7 Å². The van der Waals surface area contributed by atoms with Crippen LogP contribution < -0.4 is 0 Å². The fourth-order valence-corrected chi connectivity index (χ4v) is 1.84. The van der Waals surface area contributed by atoms with Gasteiger partial charge in [0.25, 0.3) is 0 Å². The smallest absolute Gasteiger partial charge is 0.0703 e. The molecule has 1 aliphatic carbocycles. The Kier molecular flexibility index (Phi) is 3.77. The molecule has 2 nitrogen and oxygen atoms in total. The number of ether oxygens (including phenoxy) is 1. The summed E-state index contributed by atoms with van der Waals surface area (Å²) in [5, 5.41) is 9.64. The molecule has 13 heavy (non-hydrogen) atoms. The van der Waals surface area contributed by atoms with Crippen LogP contribution in [0, 0.1) is 12.3 Å². The molecule has 1 aliphatic rings.